The van der Waals surface area contributed by atoms with Gasteiger partial charge in [0.1, 0.15) is 0 Å². The lowest BCUT2D eigenvalue weighted by Gasteiger charge is -2.37. The zero-order valence-corrected chi connectivity index (χ0v) is 16.3. The molecule has 0 bridgehead atoms. The first-order valence-corrected chi connectivity index (χ1v) is 9.59. The number of piperidine rings is 2. The molecule has 3 heterocycles. The van der Waals surface area contributed by atoms with Crippen LogP contribution in [0.1, 0.15) is 38.2 Å². The van der Waals surface area contributed by atoms with Gasteiger partial charge in [-0.05, 0) is 62.4 Å². The van der Waals surface area contributed by atoms with Crippen LogP contribution in [0, 0.1) is 11.8 Å². The second-order valence-corrected chi connectivity index (χ2v) is 7.77. The SMILES string of the molecule is CC1CCCN(C(=O)C2CCN(Cc3ccc4c(c3)OCO4)CC2)C1.Cl. The molecule has 0 aliphatic carbocycles. The Morgan fingerprint density at radius 1 is 1.12 bits per heavy atom. The number of amides is 1. The van der Waals surface area contributed by atoms with E-state index in [0.29, 0.717) is 18.6 Å². The van der Waals surface area contributed by atoms with Crippen LogP contribution in [0.5, 0.6) is 11.5 Å². The summed E-state index contributed by atoms with van der Waals surface area (Å²) in [5, 5.41) is 0. The Balaban J connectivity index is 0.00000196. The average Bonchev–Trinajstić information content (AvgIpc) is 3.09. The van der Waals surface area contributed by atoms with E-state index in [1.54, 1.807) is 0 Å². The van der Waals surface area contributed by atoms with Gasteiger partial charge in [-0.3, -0.25) is 9.69 Å². The summed E-state index contributed by atoms with van der Waals surface area (Å²) in [6, 6.07) is 6.18. The Hall–Kier alpha value is -1.46. The molecule has 0 aromatic heterocycles. The molecule has 4 rings (SSSR count). The van der Waals surface area contributed by atoms with Crippen LogP contribution in [0.25, 0.3) is 0 Å². The molecule has 1 aromatic carbocycles. The molecule has 0 radical (unpaired) electrons. The summed E-state index contributed by atoms with van der Waals surface area (Å²) in [6.07, 6.45) is 4.39. The normalized spacial score (nSPS) is 23.6. The molecule has 5 nitrogen and oxygen atoms in total. The summed E-state index contributed by atoms with van der Waals surface area (Å²) in [5.41, 5.74) is 1.25. The third-order valence-corrected chi connectivity index (χ3v) is 5.75. The zero-order valence-electron chi connectivity index (χ0n) is 15.5. The van der Waals surface area contributed by atoms with E-state index in [9.17, 15) is 4.79 Å². The van der Waals surface area contributed by atoms with Crippen LogP contribution in [0.4, 0.5) is 0 Å². The van der Waals surface area contributed by atoms with Gasteiger partial charge in [0.25, 0.3) is 0 Å². The number of likely N-dealkylation sites (tertiary alicyclic amines) is 2. The van der Waals surface area contributed by atoms with Gasteiger partial charge in [-0.2, -0.15) is 0 Å². The first kappa shape index (κ1) is 19.3. The number of halogens is 1. The molecule has 2 fully saturated rings. The number of ether oxygens (including phenoxy) is 2. The first-order chi connectivity index (χ1) is 12.2. The van der Waals surface area contributed by atoms with Crippen molar-refractivity contribution in [3.63, 3.8) is 0 Å². The highest BCUT2D eigenvalue weighted by atomic mass is 35.5. The van der Waals surface area contributed by atoms with Gasteiger partial charge < -0.3 is 14.4 Å². The Kier molecular flexibility index (Phi) is 6.30. The van der Waals surface area contributed by atoms with Crippen molar-refractivity contribution in [3.8, 4) is 11.5 Å². The van der Waals surface area contributed by atoms with E-state index in [1.807, 2.05) is 6.07 Å². The van der Waals surface area contributed by atoms with E-state index in [1.165, 1.54) is 12.0 Å². The van der Waals surface area contributed by atoms with E-state index < -0.39 is 0 Å². The molecule has 1 amide bonds. The number of carbonyl (C=O) groups excluding carboxylic acids is 1. The molecule has 3 aliphatic rings. The van der Waals surface area contributed by atoms with Crippen LogP contribution in [-0.4, -0.2) is 48.7 Å². The smallest absolute Gasteiger partial charge is 0.231 e. The fraction of sp³-hybridized carbons (Fsp3) is 0.650. The van der Waals surface area contributed by atoms with Crippen molar-refractivity contribution < 1.29 is 14.3 Å². The minimum absolute atomic E-state index is 0. The molecule has 0 saturated carbocycles. The Labute approximate surface area is 162 Å². The van der Waals surface area contributed by atoms with Gasteiger partial charge >= 0.3 is 0 Å². The largest absolute Gasteiger partial charge is 0.454 e. The minimum atomic E-state index is 0. The Morgan fingerprint density at radius 2 is 1.88 bits per heavy atom. The summed E-state index contributed by atoms with van der Waals surface area (Å²) in [6.45, 7) is 7.40. The number of rotatable bonds is 3. The second-order valence-electron chi connectivity index (χ2n) is 7.77. The maximum atomic E-state index is 12.8. The van der Waals surface area contributed by atoms with Gasteiger partial charge in [-0.1, -0.05) is 13.0 Å². The molecular formula is C20H29ClN2O3. The van der Waals surface area contributed by atoms with Crippen molar-refractivity contribution in [1.29, 1.82) is 0 Å². The third kappa shape index (κ3) is 4.26. The fourth-order valence-electron chi connectivity index (χ4n) is 4.28. The molecule has 6 heteroatoms. The molecular weight excluding hydrogens is 352 g/mol. The van der Waals surface area contributed by atoms with Crippen LogP contribution in [0.2, 0.25) is 0 Å². The number of fused-ring (bicyclic) bond motifs is 1. The van der Waals surface area contributed by atoms with Gasteiger partial charge in [0, 0.05) is 25.6 Å². The summed E-state index contributed by atoms with van der Waals surface area (Å²) >= 11 is 0. The van der Waals surface area contributed by atoms with Gasteiger partial charge in [-0.15, -0.1) is 12.4 Å². The number of nitrogens with zero attached hydrogens (tertiary/aromatic N) is 2. The monoisotopic (exact) mass is 380 g/mol. The zero-order chi connectivity index (χ0) is 17.2. The molecule has 1 unspecified atom stereocenters. The van der Waals surface area contributed by atoms with Crippen molar-refractivity contribution in [2.24, 2.45) is 11.8 Å². The second kappa shape index (κ2) is 8.49. The standard InChI is InChI=1S/C20H28N2O3.ClH/c1-15-3-2-8-22(12-15)20(23)17-6-9-21(10-7-17)13-16-4-5-18-19(11-16)25-14-24-18;/h4-5,11,15,17H,2-3,6-10,12-14H2,1H3;1H. The van der Waals surface area contributed by atoms with Crippen molar-refractivity contribution in [2.75, 3.05) is 33.0 Å². The summed E-state index contributed by atoms with van der Waals surface area (Å²) in [4.78, 5) is 17.3. The highest BCUT2D eigenvalue weighted by molar-refractivity contribution is 5.85. The van der Waals surface area contributed by atoms with E-state index in [0.717, 1.165) is 63.5 Å². The van der Waals surface area contributed by atoms with Crippen LogP contribution in [-0.2, 0) is 11.3 Å². The summed E-state index contributed by atoms with van der Waals surface area (Å²) < 4.78 is 10.8. The predicted molar refractivity (Wildman–Crippen MR) is 103 cm³/mol. The van der Waals surface area contributed by atoms with Crippen molar-refractivity contribution in [1.82, 2.24) is 9.80 Å². The highest BCUT2D eigenvalue weighted by Gasteiger charge is 2.30. The van der Waals surface area contributed by atoms with E-state index >= 15 is 0 Å². The van der Waals surface area contributed by atoms with Crippen LogP contribution in [0.3, 0.4) is 0 Å². The fourth-order valence-corrected chi connectivity index (χ4v) is 4.28. The highest BCUT2D eigenvalue weighted by Crippen LogP contribution is 2.33. The summed E-state index contributed by atoms with van der Waals surface area (Å²) in [7, 11) is 0. The number of benzene rings is 1. The van der Waals surface area contributed by atoms with Gasteiger partial charge in [0.15, 0.2) is 11.5 Å². The van der Waals surface area contributed by atoms with Crippen molar-refractivity contribution in [2.45, 2.75) is 39.2 Å². The molecule has 1 atom stereocenters. The molecule has 1 aromatic rings. The van der Waals surface area contributed by atoms with E-state index in [2.05, 4.69) is 28.9 Å². The average molecular weight is 381 g/mol. The van der Waals surface area contributed by atoms with Gasteiger partial charge in [-0.25, -0.2) is 0 Å². The van der Waals surface area contributed by atoms with E-state index in [-0.39, 0.29) is 18.3 Å². The molecule has 0 spiro atoms. The molecule has 26 heavy (non-hydrogen) atoms. The quantitative estimate of drug-likeness (QED) is 0.806. The van der Waals surface area contributed by atoms with Crippen molar-refractivity contribution >= 4 is 18.3 Å². The van der Waals surface area contributed by atoms with Crippen molar-refractivity contribution in [3.05, 3.63) is 23.8 Å². The van der Waals surface area contributed by atoms with Gasteiger partial charge in [0.2, 0.25) is 12.7 Å². The maximum absolute atomic E-state index is 12.8. The molecule has 0 N–H and O–H groups in total. The minimum Gasteiger partial charge on any atom is -0.454 e. The lowest BCUT2D eigenvalue weighted by atomic mass is 9.92. The van der Waals surface area contributed by atoms with Crippen LogP contribution >= 0.6 is 12.4 Å². The topological polar surface area (TPSA) is 42.0 Å². The van der Waals surface area contributed by atoms with Crippen LogP contribution in [0.15, 0.2) is 18.2 Å². The molecule has 2 saturated heterocycles. The maximum Gasteiger partial charge on any atom is 0.231 e. The van der Waals surface area contributed by atoms with Gasteiger partial charge in [0.05, 0.1) is 0 Å². The Morgan fingerprint density at radius 3 is 2.65 bits per heavy atom. The lowest BCUT2D eigenvalue weighted by Crippen LogP contribution is -2.45. The number of hydrogen-bond donors (Lipinski definition) is 0. The lowest BCUT2D eigenvalue weighted by molar-refractivity contribution is -0.138. The number of hydrogen-bond acceptors (Lipinski definition) is 4. The predicted octanol–water partition coefficient (Wildman–Crippen LogP) is 3.31. The summed E-state index contributed by atoms with van der Waals surface area (Å²) in [5.74, 6) is 2.96. The molecule has 144 valence electrons. The first-order valence-electron chi connectivity index (χ1n) is 9.59. The number of carbonyl (C=O) groups is 1. The van der Waals surface area contributed by atoms with Crippen LogP contribution < -0.4 is 9.47 Å². The third-order valence-electron chi connectivity index (χ3n) is 5.75. The molecule has 3 aliphatic heterocycles. The van der Waals surface area contributed by atoms with E-state index in [4.69, 9.17) is 9.47 Å². The Bertz CT molecular complexity index is 631.